The number of nitrogens with one attached hydrogen (secondary N) is 1. The van der Waals surface area contributed by atoms with E-state index in [1.165, 1.54) is 0 Å². The molecule has 0 saturated heterocycles. The summed E-state index contributed by atoms with van der Waals surface area (Å²) in [5.41, 5.74) is 0.560. The number of amides is 1. The summed E-state index contributed by atoms with van der Waals surface area (Å²) < 4.78 is 3.57. The Morgan fingerprint density at radius 2 is 1.96 bits per heavy atom. The van der Waals surface area contributed by atoms with Crippen molar-refractivity contribution in [2.24, 2.45) is 7.05 Å². The Kier molecular flexibility index (Phi) is 5.27. The average molecular weight is 361 g/mol. The quantitative estimate of drug-likeness (QED) is 0.541. The molecule has 5 nitrogen and oxygen atoms in total. The van der Waals surface area contributed by atoms with E-state index in [1.807, 2.05) is 60.4 Å². The molecule has 1 amide bonds. The van der Waals surface area contributed by atoms with Gasteiger partial charge in [-0.2, -0.15) is 5.10 Å². The first kappa shape index (κ1) is 16.7. The third-order valence-electron chi connectivity index (χ3n) is 3.47. The Balaban J connectivity index is 1.57. The first-order valence-corrected chi connectivity index (χ1v) is 8.83. The molecule has 3 aromatic rings. The standard InChI is InChI=1S/C17H17ClN4OS/c1-21-17(22-9-2-3-10-22)15(12-20-21)16(23)19-8-11-24-14-6-4-13(18)5-7-14/h2-7,9-10,12H,8,11H2,1H3,(H,19,23). The van der Waals surface area contributed by atoms with Gasteiger partial charge in [-0.05, 0) is 36.4 Å². The zero-order valence-corrected chi connectivity index (χ0v) is 14.7. The molecule has 0 radical (unpaired) electrons. The molecule has 2 aromatic heterocycles. The van der Waals surface area contributed by atoms with Crippen LogP contribution in [0.4, 0.5) is 0 Å². The fraction of sp³-hybridized carbons (Fsp3) is 0.176. The summed E-state index contributed by atoms with van der Waals surface area (Å²) in [7, 11) is 1.82. The van der Waals surface area contributed by atoms with Crippen molar-refractivity contribution in [2.45, 2.75) is 4.90 Å². The van der Waals surface area contributed by atoms with E-state index in [0.29, 0.717) is 12.1 Å². The SMILES string of the molecule is Cn1ncc(C(=O)NCCSc2ccc(Cl)cc2)c1-n1cccc1. The molecular weight excluding hydrogens is 344 g/mol. The fourth-order valence-corrected chi connectivity index (χ4v) is 3.23. The monoisotopic (exact) mass is 360 g/mol. The number of benzene rings is 1. The van der Waals surface area contributed by atoms with Crippen molar-refractivity contribution in [2.75, 3.05) is 12.3 Å². The highest BCUT2D eigenvalue weighted by atomic mass is 35.5. The molecule has 7 heteroatoms. The number of hydrogen-bond acceptors (Lipinski definition) is 3. The van der Waals surface area contributed by atoms with Crippen LogP contribution < -0.4 is 5.32 Å². The van der Waals surface area contributed by atoms with Crippen molar-refractivity contribution in [1.82, 2.24) is 19.7 Å². The zero-order chi connectivity index (χ0) is 16.9. The molecule has 0 bridgehead atoms. The molecule has 0 aliphatic rings. The number of aromatic nitrogens is 3. The summed E-state index contributed by atoms with van der Waals surface area (Å²) in [6.07, 6.45) is 5.38. The predicted molar refractivity (Wildman–Crippen MR) is 97.0 cm³/mol. The second-order valence-corrected chi connectivity index (χ2v) is 6.76. The van der Waals surface area contributed by atoms with Gasteiger partial charge in [-0.3, -0.25) is 9.48 Å². The molecule has 0 aliphatic heterocycles. The van der Waals surface area contributed by atoms with Crippen LogP contribution in [0.1, 0.15) is 10.4 Å². The van der Waals surface area contributed by atoms with Crippen LogP contribution in [0.2, 0.25) is 5.02 Å². The maximum atomic E-state index is 12.4. The van der Waals surface area contributed by atoms with E-state index in [4.69, 9.17) is 11.6 Å². The number of hydrogen-bond donors (Lipinski definition) is 1. The van der Waals surface area contributed by atoms with Gasteiger partial charge in [-0.15, -0.1) is 11.8 Å². The van der Waals surface area contributed by atoms with E-state index >= 15 is 0 Å². The topological polar surface area (TPSA) is 51.9 Å². The normalized spacial score (nSPS) is 10.8. The minimum atomic E-state index is -0.122. The molecule has 0 spiro atoms. The van der Waals surface area contributed by atoms with Crippen LogP contribution in [0.5, 0.6) is 0 Å². The number of nitrogens with zero attached hydrogens (tertiary/aromatic N) is 3. The molecule has 0 unspecified atom stereocenters. The summed E-state index contributed by atoms with van der Waals surface area (Å²) in [6, 6.07) is 11.5. The first-order valence-electron chi connectivity index (χ1n) is 7.47. The van der Waals surface area contributed by atoms with Gasteiger partial charge in [-0.1, -0.05) is 11.6 Å². The minimum absolute atomic E-state index is 0.122. The van der Waals surface area contributed by atoms with E-state index in [9.17, 15) is 4.79 Å². The molecular formula is C17H17ClN4OS. The second-order valence-electron chi connectivity index (χ2n) is 5.15. The highest BCUT2D eigenvalue weighted by molar-refractivity contribution is 7.99. The maximum absolute atomic E-state index is 12.4. The largest absolute Gasteiger partial charge is 0.351 e. The molecule has 0 atom stereocenters. The molecule has 124 valence electrons. The lowest BCUT2D eigenvalue weighted by Gasteiger charge is -2.08. The van der Waals surface area contributed by atoms with Crippen LogP contribution in [-0.2, 0) is 7.05 Å². The summed E-state index contributed by atoms with van der Waals surface area (Å²) in [5.74, 6) is 1.42. The number of aryl methyl sites for hydroxylation is 1. The van der Waals surface area contributed by atoms with Crippen LogP contribution in [0.15, 0.2) is 59.9 Å². The minimum Gasteiger partial charge on any atom is -0.351 e. The molecule has 0 aliphatic carbocycles. The Hall–Kier alpha value is -2.18. The van der Waals surface area contributed by atoms with Crippen molar-refractivity contribution >= 4 is 29.3 Å². The van der Waals surface area contributed by atoms with Crippen LogP contribution in [0.25, 0.3) is 5.82 Å². The fourth-order valence-electron chi connectivity index (χ4n) is 2.33. The molecule has 2 heterocycles. The zero-order valence-electron chi connectivity index (χ0n) is 13.1. The van der Waals surface area contributed by atoms with Crippen LogP contribution >= 0.6 is 23.4 Å². The molecule has 0 fully saturated rings. The number of carbonyl (C=O) groups is 1. The van der Waals surface area contributed by atoms with Crippen LogP contribution in [0, 0.1) is 0 Å². The van der Waals surface area contributed by atoms with E-state index in [-0.39, 0.29) is 5.91 Å². The highest BCUT2D eigenvalue weighted by Crippen LogP contribution is 2.20. The molecule has 1 aromatic carbocycles. The van der Waals surface area contributed by atoms with Gasteiger partial charge in [0.2, 0.25) is 0 Å². The van der Waals surface area contributed by atoms with Crippen molar-refractivity contribution in [3.63, 3.8) is 0 Å². The lowest BCUT2D eigenvalue weighted by molar-refractivity contribution is 0.0956. The highest BCUT2D eigenvalue weighted by Gasteiger charge is 2.16. The smallest absolute Gasteiger partial charge is 0.256 e. The molecule has 24 heavy (non-hydrogen) atoms. The lowest BCUT2D eigenvalue weighted by atomic mass is 10.3. The molecule has 3 rings (SSSR count). The van der Waals surface area contributed by atoms with Crippen molar-refractivity contribution < 1.29 is 4.79 Å². The molecule has 0 saturated carbocycles. The van der Waals surface area contributed by atoms with Gasteiger partial charge in [-0.25, -0.2) is 0 Å². The van der Waals surface area contributed by atoms with Gasteiger partial charge in [0.1, 0.15) is 11.4 Å². The Morgan fingerprint density at radius 1 is 1.25 bits per heavy atom. The van der Waals surface area contributed by atoms with Gasteiger partial charge in [0.25, 0.3) is 5.91 Å². The van der Waals surface area contributed by atoms with Gasteiger partial charge in [0.05, 0.1) is 6.20 Å². The Morgan fingerprint density at radius 3 is 2.67 bits per heavy atom. The second kappa shape index (κ2) is 7.59. The van der Waals surface area contributed by atoms with E-state index < -0.39 is 0 Å². The average Bonchev–Trinajstić information content (AvgIpc) is 3.22. The number of thioether (sulfide) groups is 1. The van der Waals surface area contributed by atoms with E-state index in [2.05, 4.69) is 10.4 Å². The summed E-state index contributed by atoms with van der Waals surface area (Å²) in [5, 5.41) is 7.86. The number of halogens is 1. The van der Waals surface area contributed by atoms with Crippen LogP contribution in [0.3, 0.4) is 0 Å². The van der Waals surface area contributed by atoms with Crippen LogP contribution in [-0.4, -0.2) is 32.6 Å². The van der Waals surface area contributed by atoms with Gasteiger partial charge < -0.3 is 9.88 Å². The van der Waals surface area contributed by atoms with Gasteiger partial charge in [0.15, 0.2) is 0 Å². The first-order chi connectivity index (χ1) is 11.6. The third kappa shape index (κ3) is 3.83. The summed E-state index contributed by atoms with van der Waals surface area (Å²) >= 11 is 7.54. The summed E-state index contributed by atoms with van der Waals surface area (Å²) in [6.45, 7) is 0.576. The van der Waals surface area contributed by atoms with Crippen molar-refractivity contribution in [3.05, 3.63) is 65.6 Å². The van der Waals surface area contributed by atoms with Gasteiger partial charge >= 0.3 is 0 Å². The van der Waals surface area contributed by atoms with Gasteiger partial charge in [0, 0.05) is 41.7 Å². The van der Waals surface area contributed by atoms with Crippen molar-refractivity contribution in [3.8, 4) is 5.82 Å². The predicted octanol–water partition coefficient (Wildman–Crippen LogP) is 3.39. The van der Waals surface area contributed by atoms with Crippen molar-refractivity contribution in [1.29, 1.82) is 0 Å². The van der Waals surface area contributed by atoms with E-state index in [1.54, 1.807) is 22.6 Å². The maximum Gasteiger partial charge on any atom is 0.256 e. The third-order valence-corrected chi connectivity index (χ3v) is 4.74. The lowest BCUT2D eigenvalue weighted by Crippen LogP contribution is -2.26. The van der Waals surface area contributed by atoms with E-state index in [0.717, 1.165) is 21.5 Å². The summed E-state index contributed by atoms with van der Waals surface area (Å²) in [4.78, 5) is 13.6. The molecule has 1 N–H and O–H groups in total. The number of rotatable bonds is 6. The Labute approximate surface area is 149 Å². The number of carbonyl (C=O) groups excluding carboxylic acids is 1. The Bertz CT molecular complexity index is 812.